The summed E-state index contributed by atoms with van der Waals surface area (Å²) in [6.45, 7) is 4.67. The number of hydrogen-bond acceptors (Lipinski definition) is 4. The largest absolute Gasteiger partial charge is 0.323 e. The molecule has 1 aromatic heterocycles. The molecule has 0 aromatic carbocycles. The lowest BCUT2D eigenvalue weighted by atomic mass is 10.4. The van der Waals surface area contributed by atoms with Gasteiger partial charge in [-0.3, -0.25) is 19.1 Å². The number of aromatic nitrogens is 1. The van der Waals surface area contributed by atoms with Crippen molar-refractivity contribution >= 4 is 22.9 Å². The summed E-state index contributed by atoms with van der Waals surface area (Å²) in [5, 5.41) is -0.0211. The van der Waals surface area contributed by atoms with Crippen LogP contribution in [0.25, 0.3) is 0 Å². The third kappa shape index (κ3) is 3.47. The Hall–Kier alpha value is -1.56. The molecule has 102 valence electrons. The summed E-state index contributed by atoms with van der Waals surface area (Å²) in [7, 11) is 0. The van der Waals surface area contributed by atoms with Crippen LogP contribution >= 0.6 is 11.8 Å². The van der Waals surface area contributed by atoms with E-state index in [1.165, 1.54) is 16.3 Å². The maximum atomic E-state index is 12.2. The Labute approximate surface area is 116 Å². The highest BCUT2D eigenvalue weighted by Crippen LogP contribution is 2.16. The lowest BCUT2D eigenvalue weighted by Crippen LogP contribution is -2.37. The van der Waals surface area contributed by atoms with Crippen molar-refractivity contribution in [2.24, 2.45) is 4.99 Å². The average molecular weight is 279 g/mol. The van der Waals surface area contributed by atoms with Crippen molar-refractivity contribution in [2.75, 3.05) is 18.8 Å². The molecule has 0 unspecified atom stereocenters. The molecular weight excluding hydrogens is 262 g/mol. The van der Waals surface area contributed by atoms with Crippen molar-refractivity contribution in [1.82, 2.24) is 9.47 Å². The first-order valence-corrected chi connectivity index (χ1v) is 7.23. The number of carbonyl (C=O) groups is 2. The molecule has 1 amide bonds. The maximum absolute atomic E-state index is 12.2. The van der Waals surface area contributed by atoms with Crippen molar-refractivity contribution in [3.63, 3.8) is 0 Å². The van der Waals surface area contributed by atoms with Crippen molar-refractivity contribution in [2.45, 2.75) is 19.9 Å². The maximum Gasteiger partial charge on any atom is 0.282 e. The second-order valence-corrected chi connectivity index (χ2v) is 5.63. The molecule has 0 bridgehead atoms. The second kappa shape index (κ2) is 6.06. The molecule has 1 aromatic rings. The topological polar surface area (TPSA) is 54.7 Å². The van der Waals surface area contributed by atoms with Crippen molar-refractivity contribution < 1.29 is 9.59 Å². The highest BCUT2D eigenvalue weighted by atomic mass is 32.2. The lowest BCUT2D eigenvalue weighted by Gasteiger charge is -2.14. The monoisotopic (exact) mass is 279 g/mol. The summed E-state index contributed by atoms with van der Waals surface area (Å²) in [6, 6.07) is 5.56. The molecule has 2 rings (SSSR count). The molecule has 1 aliphatic heterocycles. The van der Waals surface area contributed by atoms with Gasteiger partial charge in [0.25, 0.3) is 11.1 Å². The van der Waals surface area contributed by atoms with Gasteiger partial charge in [-0.1, -0.05) is 17.8 Å². The normalized spacial score (nSPS) is 16.5. The fraction of sp³-hybridized carbons (Fsp3) is 0.462. The van der Waals surface area contributed by atoms with Gasteiger partial charge in [0.05, 0.1) is 0 Å². The van der Waals surface area contributed by atoms with Crippen LogP contribution in [0.1, 0.15) is 18.6 Å². The molecular formula is C13H17N3O2S. The molecule has 6 heteroatoms. The molecule has 1 aliphatic rings. The second-order valence-electron chi connectivity index (χ2n) is 4.58. The van der Waals surface area contributed by atoms with E-state index in [0.717, 1.165) is 5.75 Å². The van der Waals surface area contributed by atoms with Crippen LogP contribution in [0.4, 0.5) is 4.79 Å². The van der Waals surface area contributed by atoms with Gasteiger partial charge in [0.2, 0.25) is 0 Å². The molecule has 0 N–H and O–H groups in total. The van der Waals surface area contributed by atoms with E-state index in [4.69, 9.17) is 0 Å². The van der Waals surface area contributed by atoms with Crippen molar-refractivity contribution in [3.8, 4) is 0 Å². The number of thioether (sulfide) groups is 1. The molecule has 0 aliphatic carbocycles. The van der Waals surface area contributed by atoms with Gasteiger partial charge in [-0.2, -0.15) is 0 Å². The first kappa shape index (κ1) is 13.9. The zero-order chi connectivity index (χ0) is 13.8. The zero-order valence-electron chi connectivity index (χ0n) is 11.1. The molecule has 0 saturated carbocycles. The molecule has 0 atom stereocenters. The summed E-state index contributed by atoms with van der Waals surface area (Å²) in [5.41, 5.74) is 0.627. The van der Waals surface area contributed by atoms with Gasteiger partial charge in [0, 0.05) is 24.5 Å². The fourth-order valence-electron chi connectivity index (χ4n) is 1.82. The lowest BCUT2D eigenvalue weighted by molar-refractivity contribution is 0.0869. The summed E-state index contributed by atoms with van der Waals surface area (Å²) < 4.78 is 1.51. The average Bonchev–Trinajstić information content (AvgIpc) is 2.75. The third-order valence-electron chi connectivity index (χ3n) is 2.67. The van der Waals surface area contributed by atoms with E-state index in [-0.39, 0.29) is 23.7 Å². The van der Waals surface area contributed by atoms with Crippen molar-refractivity contribution in [3.05, 3.63) is 29.9 Å². The predicted molar refractivity (Wildman–Crippen MR) is 75.2 cm³/mol. The van der Waals surface area contributed by atoms with Gasteiger partial charge < -0.3 is 4.90 Å². The summed E-state index contributed by atoms with van der Waals surface area (Å²) >= 11 is 1.26. The molecule has 0 spiro atoms. The van der Waals surface area contributed by atoms with E-state index < -0.39 is 0 Å². The van der Waals surface area contributed by atoms with Crippen LogP contribution in [0.5, 0.6) is 0 Å². The number of nitrogens with zero attached hydrogens (tertiary/aromatic N) is 3. The van der Waals surface area contributed by atoms with E-state index >= 15 is 0 Å². The van der Waals surface area contributed by atoms with Crippen LogP contribution in [-0.2, 0) is 0 Å². The molecule has 5 nitrogen and oxygen atoms in total. The minimum Gasteiger partial charge on any atom is -0.323 e. The summed E-state index contributed by atoms with van der Waals surface area (Å²) in [4.78, 5) is 29.7. The van der Waals surface area contributed by atoms with Gasteiger partial charge in [0.15, 0.2) is 0 Å². The minimum absolute atomic E-state index is 0.0211. The summed E-state index contributed by atoms with van der Waals surface area (Å²) in [6.07, 6.45) is 1.69. The SMILES string of the molecule is CC(C)N=c1ccccn1C(=O)CN1CCSC1=O. The van der Waals surface area contributed by atoms with Gasteiger partial charge in [-0.15, -0.1) is 0 Å². The van der Waals surface area contributed by atoms with E-state index in [9.17, 15) is 9.59 Å². The first-order chi connectivity index (χ1) is 9.08. The Morgan fingerprint density at radius 2 is 2.26 bits per heavy atom. The number of hydrogen-bond donors (Lipinski definition) is 0. The van der Waals surface area contributed by atoms with Gasteiger partial charge >= 0.3 is 0 Å². The molecule has 1 fully saturated rings. The Bertz CT molecular complexity index is 551. The number of pyridine rings is 1. The number of carbonyl (C=O) groups excluding carboxylic acids is 2. The standard InChI is InChI=1S/C13H17N3O2S/c1-10(2)14-11-5-3-4-6-16(11)12(17)9-15-7-8-19-13(15)18/h3-6,10H,7-9H2,1-2H3. The van der Waals surface area contributed by atoms with E-state index in [0.29, 0.717) is 12.0 Å². The van der Waals surface area contributed by atoms with Crippen LogP contribution in [-0.4, -0.2) is 45.5 Å². The highest BCUT2D eigenvalue weighted by molar-refractivity contribution is 8.13. The fourth-order valence-corrected chi connectivity index (χ4v) is 2.65. The molecule has 2 heterocycles. The molecule has 1 saturated heterocycles. The minimum atomic E-state index is -0.129. The van der Waals surface area contributed by atoms with E-state index in [2.05, 4.69) is 4.99 Å². The zero-order valence-corrected chi connectivity index (χ0v) is 11.9. The quantitative estimate of drug-likeness (QED) is 0.844. The Morgan fingerprint density at radius 3 is 2.89 bits per heavy atom. The van der Waals surface area contributed by atoms with E-state index in [1.807, 2.05) is 19.9 Å². The number of rotatable bonds is 3. The Morgan fingerprint density at radius 1 is 1.47 bits per heavy atom. The van der Waals surface area contributed by atoms with Crippen LogP contribution in [0, 0.1) is 0 Å². The van der Waals surface area contributed by atoms with Gasteiger partial charge in [-0.05, 0) is 26.0 Å². The Kier molecular flexibility index (Phi) is 4.42. The highest BCUT2D eigenvalue weighted by Gasteiger charge is 2.23. The van der Waals surface area contributed by atoms with Crippen LogP contribution in [0.15, 0.2) is 29.4 Å². The smallest absolute Gasteiger partial charge is 0.282 e. The Balaban J connectivity index is 2.22. The van der Waals surface area contributed by atoms with Crippen molar-refractivity contribution in [1.29, 1.82) is 0 Å². The third-order valence-corrected chi connectivity index (χ3v) is 3.56. The van der Waals surface area contributed by atoms with E-state index in [1.54, 1.807) is 23.2 Å². The summed E-state index contributed by atoms with van der Waals surface area (Å²) in [5.74, 6) is 0.630. The first-order valence-electron chi connectivity index (χ1n) is 6.24. The predicted octanol–water partition coefficient (Wildman–Crippen LogP) is 1.61. The molecule has 19 heavy (non-hydrogen) atoms. The number of amides is 1. The van der Waals surface area contributed by atoms with Crippen LogP contribution < -0.4 is 5.49 Å². The van der Waals surface area contributed by atoms with Crippen LogP contribution in [0.3, 0.4) is 0 Å². The van der Waals surface area contributed by atoms with Crippen LogP contribution in [0.2, 0.25) is 0 Å². The van der Waals surface area contributed by atoms with Gasteiger partial charge in [-0.25, -0.2) is 0 Å². The van der Waals surface area contributed by atoms with Gasteiger partial charge in [0.1, 0.15) is 12.0 Å². The molecule has 0 radical (unpaired) electrons.